The fourth-order valence-corrected chi connectivity index (χ4v) is 2.09. The molecule has 0 amide bonds. The summed E-state index contributed by atoms with van der Waals surface area (Å²) in [7, 11) is 1.37. The van der Waals surface area contributed by atoms with Crippen LogP contribution in [0.2, 0.25) is 0 Å². The molecule has 0 bridgehead atoms. The van der Waals surface area contributed by atoms with Crippen LogP contribution in [0.15, 0.2) is 10.5 Å². The Morgan fingerprint density at radius 3 is 3.11 bits per heavy atom. The predicted octanol–water partition coefficient (Wildman–Crippen LogP) is 1.64. The number of esters is 1. The summed E-state index contributed by atoms with van der Waals surface area (Å²) in [6.07, 6.45) is 2.20. The zero-order chi connectivity index (χ0) is 13.0. The smallest absolute Gasteiger partial charge is 0.341 e. The highest BCUT2D eigenvalue weighted by molar-refractivity contribution is 5.90. The Morgan fingerprint density at radius 1 is 1.61 bits per heavy atom. The second-order valence-electron chi connectivity index (χ2n) is 4.47. The number of rotatable bonds is 4. The maximum Gasteiger partial charge on any atom is 0.341 e. The van der Waals surface area contributed by atoms with E-state index in [1.807, 2.05) is 0 Å². The van der Waals surface area contributed by atoms with Crippen molar-refractivity contribution in [3.8, 4) is 0 Å². The van der Waals surface area contributed by atoms with Gasteiger partial charge >= 0.3 is 5.97 Å². The highest BCUT2D eigenvalue weighted by Crippen LogP contribution is 2.16. The standard InChI is InChI=1S/C13H19NO4/c1-9-12(13(15)16-2)6-11(18-9)7-14-10-4-3-5-17-8-10/h6,10,14H,3-5,7-8H2,1-2H3. The van der Waals surface area contributed by atoms with Crippen molar-refractivity contribution in [1.29, 1.82) is 0 Å². The quantitative estimate of drug-likeness (QED) is 0.827. The number of hydrogen-bond acceptors (Lipinski definition) is 5. The first-order valence-electron chi connectivity index (χ1n) is 6.19. The molecule has 1 atom stereocenters. The molecule has 2 rings (SSSR count). The molecule has 0 aromatic carbocycles. The number of aryl methyl sites for hydroxylation is 1. The lowest BCUT2D eigenvalue weighted by atomic mass is 10.1. The molecule has 0 aliphatic carbocycles. The summed E-state index contributed by atoms with van der Waals surface area (Å²) in [6, 6.07) is 2.10. The molecular formula is C13H19NO4. The molecule has 1 aliphatic rings. The van der Waals surface area contributed by atoms with Crippen molar-refractivity contribution >= 4 is 5.97 Å². The van der Waals surface area contributed by atoms with Crippen molar-refractivity contribution in [2.24, 2.45) is 0 Å². The summed E-state index contributed by atoms with van der Waals surface area (Å²) in [5.74, 6) is 0.987. The second-order valence-corrected chi connectivity index (χ2v) is 4.47. The summed E-state index contributed by atoms with van der Waals surface area (Å²) < 4.78 is 15.6. The van der Waals surface area contributed by atoms with Gasteiger partial charge in [0.2, 0.25) is 0 Å². The van der Waals surface area contributed by atoms with Crippen molar-refractivity contribution in [3.63, 3.8) is 0 Å². The molecular weight excluding hydrogens is 234 g/mol. The minimum atomic E-state index is -0.358. The van der Waals surface area contributed by atoms with Crippen molar-refractivity contribution in [1.82, 2.24) is 5.32 Å². The number of ether oxygens (including phenoxy) is 2. The van der Waals surface area contributed by atoms with E-state index in [-0.39, 0.29) is 5.97 Å². The summed E-state index contributed by atoms with van der Waals surface area (Å²) in [5.41, 5.74) is 0.495. The third-order valence-electron chi connectivity index (χ3n) is 3.10. The van der Waals surface area contributed by atoms with Gasteiger partial charge in [-0.2, -0.15) is 0 Å². The van der Waals surface area contributed by atoms with Crippen LogP contribution in [-0.2, 0) is 16.0 Å². The Morgan fingerprint density at radius 2 is 2.44 bits per heavy atom. The van der Waals surface area contributed by atoms with Crippen molar-refractivity contribution < 1.29 is 18.7 Å². The van der Waals surface area contributed by atoms with Crippen LogP contribution in [0, 0.1) is 6.92 Å². The van der Waals surface area contributed by atoms with Gasteiger partial charge in [0.1, 0.15) is 17.1 Å². The average molecular weight is 253 g/mol. The molecule has 5 nitrogen and oxygen atoms in total. The first-order chi connectivity index (χ1) is 8.70. The highest BCUT2D eigenvalue weighted by Gasteiger charge is 2.17. The topological polar surface area (TPSA) is 60.7 Å². The fraction of sp³-hybridized carbons (Fsp3) is 0.615. The minimum Gasteiger partial charge on any atom is -0.465 e. The van der Waals surface area contributed by atoms with E-state index in [4.69, 9.17) is 9.15 Å². The van der Waals surface area contributed by atoms with E-state index in [1.165, 1.54) is 7.11 Å². The Balaban J connectivity index is 1.91. The van der Waals surface area contributed by atoms with Crippen LogP contribution >= 0.6 is 0 Å². The molecule has 18 heavy (non-hydrogen) atoms. The monoisotopic (exact) mass is 253 g/mol. The molecule has 5 heteroatoms. The molecule has 1 aliphatic heterocycles. The van der Waals surface area contributed by atoms with E-state index in [2.05, 4.69) is 10.1 Å². The van der Waals surface area contributed by atoms with Gasteiger partial charge in [-0.25, -0.2) is 4.79 Å². The van der Waals surface area contributed by atoms with Crippen molar-refractivity contribution in [3.05, 3.63) is 23.2 Å². The third-order valence-corrected chi connectivity index (χ3v) is 3.10. The van der Waals surface area contributed by atoms with Gasteiger partial charge < -0.3 is 19.2 Å². The van der Waals surface area contributed by atoms with E-state index < -0.39 is 0 Å². The molecule has 1 aromatic rings. The lowest BCUT2D eigenvalue weighted by Crippen LogP contribution is -2.36. The molecule has 1 saturated heterocycles. The van der Waals surface area contributed by atoms with Crippen LogP contribution in [0.1, 0.15) is 34.7 Å². The number of methoxy groups -OCH3 is 1. The Bertz CT molecular complexity index is 407. The molecule has 2 heterocycles. The molecule has 100 valence electrons. The summed E-state index contributed by atoms with van der Waals surface area (Å²) >= 11 is 0. The number of nitrogens with one attached hydrogen (secondary N) is 1. The third kappa shape index (κ3) is 3.11. The average Bonchev–Trinajstić information content (AvgIpc) is 2.78. The van der Waals surface area contributed by atoms with Crippen molar-refractivity contribution in [2.75, 3.05) is 20.3 Å². The molecule has 1 unspecified atom stereocenters. The Kier molecular flexibility index (Phi) is 4.38. The van der Waals surface area contributed by atoms with Crippen LogP contribution < -0.4 is 5.32 Å². The maximum atomic E-state index is 11.4. The van der Waals surface area contributed by atoms with Gasteiger partial charge in [0.25, 0.3) is 0 Å². The molecule has 1 N–H and O–H groups in total. The summed E-state index contributed by atoms with van der Waals surface area (Å²) in [4.78, 5) is 11.4. The number of furan rings is 1. The summed E-state index contributed by atoms with van der Waals surface area (Å²) in [6.45, 7) is 3.96. The van der Waals surface area contributed by atoms with Gasteiger partial charge in [-0.3, -0.25) is 0 Å². The van der Waals surface area contributed by atoms with Crippen molar-refractivity contribution in [2.45, 2.75) is 32.4 Å². The molecule has 1 fully saturated rings. The number of hydrogen-bond donors (Lipinski definition) is 1. The molecule has 0 spiro atoms. The Labute approximate surface area is 106 Å². The van der Waals surface area contributed by atoms with Crippen LogP contribution in [-0.4, -0.2) is 32.3 Å². The van der Waals surface area contributed by atoms with Crippen LogP contribution in [0.3, 0.4) is 0 Å². The minimum absolute atomic E-state index is 0.358. The molecule has 1 aromatic heterocycles. The van der Waals surface area contributed by atoms with E-state index >= 15 is 0 Å². The highest BCUT2D eigenvalue weighted by atomic mass is 16.5. The van der Waals surface area contributed by atoms with Crippen LogP contribution in [0.25, 0.3) is 0 Å². The van der Waals surface area contributed by atoms with E-state index in [1.54, 1.807) is 13.0 Å². The molecule has 0 radical (unpaired) electrons. The summed E-state index contributed by atoms with van der Waals surface area (Å²) in [5, 5.41) is 3.36. The number of carbonyl (C=O) groups is 1. The van der Waals surface area contributed by atoms with Gasteiger partial charge in [-0.15, -0.1) is 0 Å². The van der Waals surface area contributed by atoms with Gasteiger partial charge in [-0.05, 0) is 25.8 Å². The zero-order valence-corrected chi connectivity index (χ0v) is 10.8. The van der Waals surface area contributed by atoms with Gasteiger partial charge in [0.05, 0.1) is 20.3 Å². The van der Waals surface area contributed by atoms with Crippen LogP contribution in [0.5, 0.6) is 0 Å². The van der Waals surface area contributed by atoms with E-state index in [0.29, 0.717) is 23.9 Å². The van der Waals surface area contributed by atoms with Gasteiger partial charge in [0, 0.05) is 12.6 Å². The number of carbonyl (C=O) groups excluding carboxylic acids is 1. The first-order valence-corrected chi connectivity index (χ1v) is 6.19. The van der Waals surface area contributed by atoms with E-state index in [9.17, 15) is 4.79 Å². The first kappa shape index (κ1) is 13.1. The normalized spacial score (nSPS) is 19.8. The lowest BCUT2D eigenvalue weighted by molar-refractivity contribution is 0.0599. The second kappa shape index (κ2) is 6.02. The predicted molar refractivity (Wildman–Crippen MR) is 65.5 cm³/mol. The largest absolute Gasteiger partial charge is 0.465 e. The van der Waals surface area contributed by atoms with E-state index in [0.717, 1.165) is 31.8 Å². The van der Waals surface area contributed by atoms with Gasteiger partial charge in [0.15, 0.2) is 0 Å². The fourth-order valence-electron chi connectivity index (χ4n) is 2.09. The zero-order valence-electron chi connectivity index (χ0n) is 10.8. The maximum absolute atomic E-state index is 11.4. The van der Waals surface area contributed by atoms with Gasteiger partial charge in [-0.1, -0.05) is 0 Å². The van der Waals surface area contributed by atoms with Crippen LogP contribution in [0.4, 0.5) is 0 Å². The molecule has 0 saturated carbocycles. The Hall–Kier alpha value is -1.33. The lowest BCUT2D eigenvalue weighted by Gasteiger charge is -2.22. The SMILES string of the molecule is COC(=O)c1cc(CNC2CCCOC2)oc1C.